The van der Waals surface area contributed by atoms with Gasteiger partial charge in [0, 0.05) is 29.0 Å². The van der Waals surface area contributed by atoms with E-state index in [1.54, 1.807) is 4.90 Å². The minimum Gasteiger partial charge on any atom is -0.339 e. The summed E-state index contributed by atoms with van der Waals surface area (Å²) in [5.74, 6) is -0.836. The molecule has 100 valence electrons. The van der Waals surface area contributed by atoms with Gasteiger partial charge in [-0.1, -0.05) is 11.6 Å². The molecular weight excluding hydrogens is 335 g/mol. The summed E-state index contributed by atoms with van der Waals surface area (Å²) in [6.07, 6.45) is 1.33. The van der Waals surface area contributed by atoms with E-state index in [9.17, 15) is 9.18 Å². The first-order chi connectivity index (χ1) is 9.02. The molecule has 1 aromatic carbocycles. The average molecular weight is 346 g/mol. The van der Waals surface area contributed by atoms with Crippen molar-refractivity contribution in [3.8, 4) is 6.07 Å². The molecule has 0 spiro atoms. The van der Waals surface area contributed by atoms with E-state index in [0.29, 0.717) is 30.4 Å². The third-order valence-corrected chi connectivity index (χ3v) is 4.43. The molecule has 1 amide bonds. The van der Waals surface area contributed by atoms with Gasteiger partial charge < -0.3 is 4.90 Å². The summed E-state index contributed by atoms with van der Waals surface area (Å²) in [6, 6.07) is 4.87. The van der Waals surface area contributed by atoms with Crippen molar-refractivity contribution >= 4 is 33.4 Å². The second kappa shape index (κ2) is 5.89. The zero-order valence-corrected chi connectivity index (χ0v) is 12.3. The lowest BCUT2D eigenvalue weighted by atomic mass is 9.98. The SMILES string of the molecule is N#CC1CCN(C(=O)c2cc(F)c(Cl)c(Br)c2)CC1. The summed E-state index contributed by atoms with van der Waals surface area (Å²) in [7, 11) is 0. The number of likely N-dealkylation sites (tertiary alicyclic amines) is 1. The highest BCUT2D eigenvalue weighted by Crippen LogP contribution is 2.28. The summed E-state index contributed by atoms with van der Waals surface area (Å²) >= 11 is 8.82. The number of hydrogen-bond donors (Lipinski definition) is 0. The molecule has 1 fully saturated rings. The standard InChI is InChI=1S/C13H11BrClFN2O/c14-10-5-9(6-11(16)12(10)15)13(19)18-3-1-8(7-17)2-4-18/h5-6,8H,1-4H2. The molecule has 0 atom stereocenters. The number of piperidine rings is 1. The van der Waals surface area contributed by atoms with Gasteiger partial charge in [0.25, 0.3) is 5.91 Å². The molecule has 6 heteroatoms. The number of amides is 1. The van der Waals surface area contributed by atoms with Gasteiger partial charge in [0.05, 0.1) is 11.1 Å². The van der Waals surface area contributed by atoms with Gasteiger partial charge in [-0.2, -0.15) is 5.26 Å². The molecule has 0 unspecified atom stereocenters. The van der Waals surface area contributed by atoms with Crippen molar-refractivity contribution in [2.24, 2.45) is 5.92 Å². The maximum atomic E-state index is 13.5. The Labute approximate surface area is 124 Å². The Morgan fingerprint density at radius 1 is 1.47 bits per heavy atom. The monoisotopic (exact) mass is 344 g/mol. The van der Waals surface area contributed by atoms with Crippen LogP contribution in [-0.2, 0) is 0 Å². The van der Waals surface area contributed by atoms with Gasteiger partial charge in [0.1, 0.15) is 5.82 Å². The van der Waals surface area contributed by atoms with Crippen molar-refractivity contribution in [2.75, 3.05) is 13.1 Å². The lowest BCUT2D eigenvalue weighted by molar-refractivity contribution is 0.0706. The number of nitrogens with zero attached hydrogens (tertiary/aromatic N) is 2. The van der Waals surface area contributed by atoms with Gasteiger partial charge in [-0.15, -0.1) is 0 Å². The Balaban J connectivity index is 2.15. The molecule has 0 radical (unpaired) electrons. The van der Waals surface area contributed by atoms with E-state index in [1.165, 1.54) is 6.07 Å². The summed E-state index contributed by atoms with van der Waals surface area (Å²) in [5, 5.41) is 8.78. The fourth-order valence-corrected chi connectivity index (χ4v) is 2.62. The molecule has 1 aromatic rings. The van der Waals surface area contributed by atoms with E-state index in [-0.39, 0.29) is 22.4 Å². The number of hydrogen-bond acceptors (Lipinski definition) is 2. The van der Waals surface area contributed by atoms with Crippen LogP contribution in [0.2, 0.25) is 5.02 Å². The van der Waals surface area contributed by atoms with E-state index in [1.807, 2.05) is 0 Å². The Morgan fingerprint density at radius 3 is 2.63 bits per heavy atom. The molecule has 1 aliphatic heterocycles. The lowest BCUT2D eigenvalue weighted by Crippen LogP contribution is -2.38. The van der Waals surface area contributed by atoms with Crippen LogP contribution in [0.3, 0.4) is 0 Å². The average Bonchev–Trinajstić information content (AvgIpc) is 2.43. The van der Waals surface area contributed by atoms with Crippen LogP contribution in [0.15, 0.2) is 16.6 Å². The quantitative estimate of drug-likeness (QED) is 0.730. The van der Waals surface area contributed by atoms with E-state index in [0.717, 1.165) is 6.07 Å². The molecule has 19 heavy (non-hydrogen) atoms. The Bertz CT molecular complexity index is 527. The maximum absolute atomic E-state index is 13.5. The number of carbonyl (C=O) groups excluding carboxylic acids is 1. The van der Waals surface area contributed by atoms with Crippen molar-refractivity contribution in [1.82, 2.24) is 4.90 Å². The number of nitriles is 1. The number of halogens is 3. The zero-order chi connectivity index (χ0) is 14.0. The van der Waals surface area contributed by atoms with Crippen LogP contribution in [0.4, 0.5) is 4.39 Å². The highest BCUT2D eigenvalue weighted by atomic mass is 79.9. The molecule has 1 aliphatic rings. The molecule has 1 saturated heterocycles. The second-order valence-electron chi connectivity index (χ2n) is 4.45. The van der Waals surface area contributed by atoms with E-state index in [4.69, 9.17) is 16.9 Å². The predicted octanol–water partition coefficient (Wildman–Crippen LogP) is 3.62. The smallest absolute Gasteiger partial charge is 0.253 e. The molecule has 0 bridgehead atoms. The molecule has 0 aliphatic carbocycles. The summed E-state index contributed by atoms with van der Waals surface area (Å²) < 4.78 is 13.9. The van der Waals surface area contributed by atoms with Gasteiger partial charge in [0.15, 0.2) is 0 Å². The molecule has 1 heterocycles. The molecule has 2 rings (SSSR count). The van der Waals surface area contributed by atoms with E-state index < -0.39 is 5.82 Å². The summed E-state index contributed by atoms with van der Waals surface area (Å²) in [5.41, 5.74) is 0.268. The molecule has 0 saturated carbocycles. The van der Waals surface area contributed by atoms with Crippen LogP contribution >= 0.6 is 27.5 Å². The molecule has 0 N–H and O–H groups in total. The molecule has 3 nitrogen and oxygen atoms in total. The summed E-state index contributed by atoms with van der Waals surface area (Å²) in [6.45, 7) is 1.05. The largest absolute Gasteiger partial charge is 0.339 e. The van der Waals surface area contributed by atoms with Crippen molar-refractivity contribution in [2.45, 2.75) is 12.8 Å². The van der Waals surface area contributed by atoms with Crippen LogP contribution in [0, 0.1) is 23.1 Å². The normalized spacial score (nSPS) is 16.2. The first kappa shape index (κ1) is 14.3. The minimum absolute atomic E-state index is 0.0118. The highest BCUT2D eigenvalue weighted by molar-refractivity contribution is 9.10. The summed E-state index contributed by atoms with van der Waals surface area (Å²) in [4.78, 5) is 13.9. The number of rotatable bonds is 1. The maximum Gasteiger partial charge on any atom is 0.253 e. The second-order valence-corrected chi connectivity index (χ2v) is 5.68. The van der Waals surface area contributed by atoms with Crippen LogP contribution in [0.25, 0.3) is 0 Å². The fourth-order valence-electron chi connectivity index (χ4n) is 2.07. The first-order valence-electron chi connectivity index (χ1n) is 5.86. The van der Waals surface area contributed by atoms with Crippen molar-refractivity contribution in [3.63, 3.8) is 0 Å². The predicted molar refractivity (Wildman–Crippen MR) is 73.4 cm³/mol. The Morgan fingerprint density at radius 2 is 2.11 bits per heavy atom. The van der Waals surface area contributed by atoms with Crippen LogP contribution < -0.4 is 0 Å². The Kier molecular flexibility index (Phi) is 4.43. The first-order valence-corrected chi connectivity index (χ1v) is 7.03. The molecule has 0 aromatic heterocycles. The van der Waals surface area contributed by atoms with E-state index >= 15 is 0 Å². The van der Waals surface area contributed by atoms with Crippen LogP contribution in [0.1, 0.15) is 23.2 Å². The molecular formula is C13H11BrClFN2O. The van der Waals surface area contributed by atoms with E-state index in [2.05, 4.69) is 22.0 Å². The highest BCUT2D eigenvalue weighted by Gasteiger charge is 2.24. The van der Waals surface area contributed by atoms with Crippen molar-refractivity contribution < 1.29 is 9.18 Å². The van der Waals surface area contributed by atoms with Crippen molar-refractivity contribution in [1.29, 1.82) is 5.26 Å². The fraction of sp³-hybridized carbons (Fsp3) is 0.385. The van der Waals surface area contributed by atoms with Gasteiger partial charge in [-0.25, -0.2) is 4.39 Å². The number of carbonyl (C=O) groups is 1. The minimum atomic E-state index is -0.619. The van der Waals surface area contributed by atoms with Crippen molar-refractivity contribution in [3.05, 3.63) is 33.0 Å². The van der Waals surface area contributed by atoms with Crippen LogP contribution in [-0.4, -0.2) is 23.9 Å². The topological polar surface area (TPSA) is 44.1 Å². The van der Waals surface area contributed by atoms with Gasteiger partial charge in [-0.05, 0) is 40.9 Å². The Hall–Kier alpha value is -1.12. The number of benzene rings is 1. The third-order valence-electron chi connectivity index (χ3n) is 3.20. The van der Waals surface area contributed by atoms with Gasteiger partial charge in [-0.3, -0.25) is 4.79 Å². The third kappa shape index (κ3) is 3.07. The van der Waals surface area contributed by atoms with Crippen LogP contribution in [0.5, 0.6) is 0 Å². The van der Waals surface area contributed by atoms with Gasteiger partial charge in [0.2, 0.25) is 0 Å². The lowest BCUT2D eigenvalue weighted by Gasteiger charge is -2.29. The zero-order valence-electron chi connectivity index (χ0n) is 10.00. The van der Waals surface area contributed by atoms with Gasteiger partial charge >= 0.3 is 0 Å².